The Labute approximate surface area is 228 Å². The number of hydrogen-bond acceptors (Lipinski definition) is 8. The first-order chi connectivity index (χ1) is 18.6. The van der Waals surface area contributed by atoms with Crippen molar-refractivity contribution in [1.29, 1.82) is 5.26 Å². The highest BCUT2D eigenvalue weighted by atomic mass is 32.2. The molecule has 4 N–H and O–H groups in total. The first kappa shape index (κ1) is 28.8. The van der Waals surface area contributed by atoms with Crippen molar-refractivity contribution in [1.82, 2.24) is 9.29 Å². The molecule has 0 radical (unpaired) electrons. The van der Waals surface area contributed by atoms with Gasteiger partial charge in [-0.1, -0.05) is 18.2 Å². The van der Waals surface area contributed by atoms with E-state index in [1.165, 1.54) is 11.8 Å². The van der Waals surface area contributed by atoms with Crippen molar-refractivity contribution < 1.29 is 28.5 Å². The maximum Gasteiger partial charge on any atom is 0.250 e. The van der Waals surface area contributed by atoms with Crippen molar-refractivity contribution in [3.63, 3.8) is 0 Å². The summed E-state index contributed by atoms with van der Waals surface area (Å²) in [6.45, 7) is 5.49. The standard InChI is InChI=1S/C28H34N4O6S/c1-4-32(5-2)22-9-8-18-12-20(7-6-19(18)13-22)24-11-10-21(31(24)3)14-23(15-29)39(36,37)30-16-26-28(35)27(34)25(33)17-38-26/h6-14,25-28,30,33-35H,4-5,16-17H2,1-3H3. The van der Waals surface area contributed by atoms with Crippen LogP contribution in [0.3, 0.4) is 0 Å². The topological polar surface area (TPSA) is 148 Å². The van der Waals surface area contributed by atoms with Gasteiger partial charge in [0.1, 0.15) is 24.4 Å². The second kappa shape index (κ2) is 11.9. The Kier molecular flexibility index (Phi) is 8.76. The molecule has 11 heteroatoms. The van der Waals surface area contributed by atoms with Crippen LogP contribution in [-0.2, 0) is 21.8 Å². The second-order valence-electron chi connectivity index (χ2n) is 9.51. The average molecular weight is 555 g/mol. The van der Waals surface area contributed by atoms with Crippen molar-refractivity contribution >= 4 is 32.6 Å². The van der Waals surface area contributed by atoms with Crippen molar-refractivity contribution in [2.24, 2.45) is 7.05 Å². The van der Waals surface area contributed by atoms with Gasteiger partial charge in [-0.3, -0.25) is 0 Å². The van der Waals surface area contributed by atoms with E-state index in [2.05, 4.69) is 53.8 Å². The van der Waals surface area contributed by atoms with Gasteiger partial charge in [0.05, 0.1) is 12.7 Å². The number of aliphatic hydroxyl groups is 3. The van der Waals surface area contributed by atoms with E-state index in [1.54, 1.807) is 19.2 Å². The number of benzene rings is 2. The average Bonchev–Trinajstić information content (AvgIpc) is 3.29. The van der Waals surface area contributed by atoms with Gasteiger partial charge in [-0.05, 0) is 66.6 Å². The number of ether oxygens (including phenoxy) is 1. The minimum atomic E-state index is -4.24. The molecule has 1 aliphatic heterocycles. The summed E-state index contributed by atoms with van der Waals surface area (Å²) in [5.41, 5.74) is 3.48. The van der Waals surface area contributed by atoms with E-state index in [4.69, 9.17) is 4.74 Å². The van der Waals surface area contributed by atoms with Gasteiger partial charge in [0.25, 0.3) is 10.0 Å². The lowest BCUT2D eigenvalue weighted by atomic mass is 10.0. The van der Waals surface area contributed by atoms with Crippen molar-refractivity contribution in [2.45, 2.75) is 38.3 Å². The monoisotopic (exact) mass is 554 g/mol. The summed E-state index contributed by atoms with van der Waals surface area (Å²) in [6, 6.07) is 17.9. The number of fused-ring (bicyclic) bond motifs is 1. The lowest BCUT2D eigenvalue weighted by Crippen LogP contribution is -2.56. The summed E-state index contributed by atoms with van der Waals surface area (Å²) in [5, 5.41) is 41.2. The van der Waals surface area contributed by atoms with Gasteiger partial charge in [-0.15, -0.1) is 0 Å². The maximum absolute atomic E-state index is 12.9. The van der Waals surface area contributed by atoms with E-state index in [9.17, 15) is 29.0 Å². The Balaban J connectivity index is 1.55. The lowest BCUT2D eigenvalue weighted by molar-refractivity contribution is -0.184. The molecule has 10 nitrogen and oxygen atoms in total. The molecule has 0 amide bonds. The summed E-state index contributed by atoms with van der Waals surface area (Å²) in [7, 11) is -2.45. The van der Waals surface area contributed by atoms with Gasteiger partial charge < -0.3 is 29.5 Å². The molecule has 3 aromatic rings. The van der Waals surface area contributed by atoms with Crippen molar-refractivity contribution in [2.75, 3.05) is 31.1 Å². The molecule has 1 saturated heterocycles. The van der Waals surface area contributed by atoms with Crippen LogP contribution in [0.1, 0.15) is 19.5 Å². The van der Waals surface area contributed by atoms with Gasteiger partial charge in [-0.25, -0.2) is 13.1 Å². The fourth-order valence-corrected chi connectivity index (χ4v) is 5.70. The van der Waals surface area contributed by atoms with E-state index in [1.807, 2.05) is 16.7 Å². The third-order valence-corrected chi connectivity index (χ3v) is 8.50. The van der Waals surface area contributed by atoms with E-state index < -0.39 is 39.3 Å². The van der Waals surface area contributed by atoms with E-state index >= 15 is 0 Å². The smallest absolute Gasteiger partial charge is 0.250 e. The van der Waals surface area contributed by atoms with Gasteiger partial charge in [0.2, 0.25) is 0 Å². The van der Waals surface area contributed by atoms with Crippen LogP contribution in [0.25, 0.3) is 28.1 Å². The number of allylic oxidation sites excluding steroid dienone is 1. The number of rotatable bonds is 9. The van der Waals surface area contributed by atoms with Crippen LogP contribution in [0.2, 0.25) is 0 Å². The number of nitriles is 1. The summed E-state index contributed by atoms with van der Waals surface area (Å²) >= 11 is 0. The molecule has 2 aromatic carbocycles. The van der Waals surface area contributed by atoms with E-state index in [0.717, 1.165) is 35.1 Å². The number of nitrogens with one attached hydrogen (secondary N) is 1. The van der Waals surface area contributed by atoms with Gasteiger partial charge in [0.15, 0.2) is 4.91 Å². The van der Waals surface area contributed by atoms with Gasteiger partial charge in [0, 0.05) is 43.8 Å². The zero-order valence-electron chi connectivity index (χ0n) is 22.2. The normalized spacial score (nSPS) is 22.1. The van der Waals surface area contributed by atoms with Gasteiger partial charge in [-0.2, -0.15) is 5.26 Å². The molecule has 0 bridgehead atoms. The van der Waals surface area contributed by atoms with Crippen LogP contribution in [-0.4, -0.2) is 79.0 Å². The Bertz CT molecular complexity index is 1510. The number of anilines is 1. The molecule has 0 spiro atoms. The zero-order chi connectivity index (χ0) is 28.3. The Morgan fingerprint density at radius 3 is 2.49 bits per heavy atom. The largest absolute Gasteiger partial charge is 0.388 e. The van der Waals surface area contributed by atoms with Crippen LogP contribution in [0.4, 0.5) is 5.69 Å². The molecule has 1 aromatic heterocycles. The quantitative estimate of drug-likeness (QED) is 0.294. The number of aromatic nitrogens is 1. The van der Waals surface area contributed by atoms with Crippen LogP contribution in [0, 0.1) is 11.3 Å². The summed E-state index contributed by atoms with van der Waals surface area (Å²) < 4.78 is 35.0. The number of sulfonamides is 1. The van der Waals surface area contributed by atoms with E-state index in [-0.39, 0.29) is 13.2 Å². The Morgan fingerprint density at radius 2 is 1.79 bits per heavy atom. The fraction of sp³-hybridized carbons (Fsp3) is 0.393. The highest BCUT2D eigenvalue weighted by molar-refractivity contribution is 7.93. The molecular formula is C28H34N4O6S. The highest BCUT2D eigenvalue weighted by Crippen LogP contribution is 2.29. The first-order valence-electron chi connectivity index (χ1n) is 12.8. The van der Waals surface area contributed by atoms with Crippen LogP contribution >= 0.6 is 0 Å². The number of aliphatic hydroxyl groups excluding tert-OH is 3. The molecule has 4 atom stereocenters. The second-order valence-corrected chi connectivity index (χ2v) is 11.2. The maximum atomic E-state index is 12.9. The zero-order valence-corrected chi connectivity index (χ0v) is 23.0. The fourth-order valence-electron chi connectivity index (χ4n) is 4.76. The summed E-state index contributed by atoms with van der Waals surface area (Å²) in [5.74, 6) is 0. The predicted molar refractivity (Wildman–Crippen MR) is 150 cm³/mol. The molecule has 2 heterocycles. The molecule has 0 aliphatic carbocycles. The minimum absolute atomic E-state index is 0.246. The molecule has 39 heavy (non-hydrogen) atoms. The molecule has 4 unspecified atom stereocenters. The molecule has 0 saturated carbocycles. The minimum Gasteiger partial charge on any atom is -0.388 e. The van der Waals surface area contributed by atoms with Crippen molar-refractivity contribution in [3.8, 4) is 17.3 Å². The molecule has 208 valence electrons. The van der Waals surface area contributed by atoms with Crippen molar-refractivity contribution in [3.05, 3.63) is 59.1 Å². The third-order valence-electron chi connectivity index (χ3n) is 7.17. The van der Waals surface area contributed by atoms with Crippen LogP contribution in [0.15, 0.2) is 53.4 Å². The van der Waals surface area contributed by atoms with E-state index in [0.29, 0.717) is 5.69 Å². The number of nitrogens with zero attached hydrogens (tertiary/aromatic N) is 3. The summed E-state index contributed by atoms with van der Waals surface area (Å²) in [4.78, 5) is 1.78. The first-order valence-corrected chi connectivity index (χ1v) is 14.3. The van der Waals surface area contributed by atoms with Crippen LogP contribution in [0.5, 0.6) is 0 Å². The molecule has 4 rings (SSSR count). The number of hydrogen-bond donors (Lipinski definition) is 4. The molecule has 1 fully saturated rings. The molecular weight excluding hydrogens is 520 g/mol. The SMILES string of the molecule is CCN(CC)c1ccc2cc(-c3ccc(C=C(C#N)S(=O)(=O)NCC4OCC(O)C(O)C4O)n3C)ccc2c1. The highest BCUT2D eigenvalue weighted by Gasteiger charge is 2.38. The Hall–Kier alpha value is -3.24. The molecule has 1 aliphatic rings. The third kappa shape index (κ3) is 6.01. The van der Waals surface area contributed by atoms with Crippen LogP contribution < -0.4 is 9.62 Å². The Morgan fingerprint density at radius 1 is 1.10 bits per heavy atom. The lowest BCUT2D eigenvalue weighted by Gasteiger charge is -2.35. The summed E-state index contributed by atoms with van der Waals surface area (Å²) in [6.07, 6.45) is -4.00. The van der Waals surface area contributed by atoms with Gasteiger partial charge >= 0.3 is 0 Å². The predicted octanol–water partition coefficient (Wildman–Crippen LogP) is 1.96.